The van der Waals surface area contributed by atoms with Gasteiger partial charge in [0.2, 0.25) is 0 Å². The van der Waals surface area contributed by atoms with Crippen molar-refractivity contribution in [1.82, 2.24) is 29.6 Å². The van der Waals surface area contributed by atoms with Crippen molar-refractivity contribution >= 4 is 11.8 Å². The van der Waals surface area contributed by atoms with E-state index in [9.17, 15) is 9.59 Å². The molecule has 0 spiro atoms. The van der Waals surface area contributed by atoms with Crippen molar-refractivity contribution in [2.75, 3.05) is 13.1 Å². The summed E-state index contributed by atoms with van der Waals surface area (Å²) < 4.78 is 3.28. The first-order valence-corrected chi connectivity index (χ1v) is 9.36. The van der Waals surface area contributed by atoms with Gasteiger partial charge in [0.25, 0.3) is 11.8 Å². The zero-order valence-electron chi connectivity index (χ0n) is 17.0. The van der Waals surface area contributed by atoms with Gasteiger partial charge in [-0.3, -0.25) is 19.0 Å². The predicted octanol–water partition coefficient (Wildman–Crippen LogP) is 2.15. The van der Waals surface area contributed by atoms with Gasteiger partial charge < -0.3 is 0 Å². The SMILES string of the molecule is CCn1nc(C)cc1C(=O)N1CCCN1C(=O)c1cc(C(C)(C)C)nn1C. The number of hydrazine groups is 1. The molecule has 0 atom stereocenters. The lowest BCUT2D eigenvalue weighted by molar-refractivity contribution is 0.0171. The Kier molecular flexibility index (Phi) is 4.84. The van der Waals surface area contributed by atoms with Crippen LogP contribution in [0.3, 0.4) is 0 Å². The highest BCUT2D eigenvalue weighted by Crippen LogP contribution is 2.24. The first-order chi connectivity index (χ1) is 12.6. The summed E-state index contributed by atoms with van der Waals surface area (Å²) in [7, 11) is 1.76. The Bertz CT molecular complexity index is 873. The van der Waals surface area contributed by atoms with E-state index in [-0.39, 0.29) is 17.2 Å². The van der Waals surface area contributed by atoms with E-state index < -0.39 is 0 Å². The van der Waals surface area contributed by atoms with Crippen LogP contribution in [0.4, 0.5) is 0 Å². The molecule has 1 fully saturated rings. The van der Waals surface area contributed by atoms with E-state index in [4.69, 9.17) is 0 Å². The summed E-state index contributed by atoms with van der Waals surface area (Å²) in [6.45, 7) is 11.6. The van der Waals surface area contributed by atoms with E-state index in [1.807, 2.05) is 19.9 Å². The minimum absolute atomic E-state index is 0.151. The summed E-state index contributed by atoms with van der Waals surface area (Å²) in [5.41, 5.74) is 2.49. The predicted molar refractivity (Wildman–Crippen MR) is 101 cm³/mol. The smallest absolute Gasteiger partial charge is 0.265 e. The van der Waals surface area contributed by atoms with Gasteiger partial charge in [-0.05, 0) is 32.4 Å². The molecule has 146 valence electrons. The minimum atomic E-state index is -0.203. The molecule has 0 N–H and O–H groups in total. The third-order valence-corrected chi connectivity index (χ3v) is 4.79. The minimum Gasteiger partial charge on any atom is -0.265 e. The number of aryl methyl sites for hydroxylation is 3. The fourth-order valence-corrected chi connectivity index (χ4v) is 3.29. The molecule has 0 unspecified atom stereocenters. The molecule has 1 aliphatic heterocycles. The Morgan fingerprint density at radius 1 is 1.04 bits per heavy atom. The normalized spacial score (nSPS) is 14.9. The monoisotopic (exact) mass is 372 g/mol. The average Bonchev–Trinajstić information content (AvgIpc) is 3.30. The van der Waals surface area contributed by atoms with Crippen LogP contribution in [0.1, 0.15) is 66.5 Å². The van der Waals surface area contributed by atoms with Crippen molar-refractivity contribution in [3.8, 4) is 0 Å². The van der Waals surface area contributed by atoms with Crippen LogP contribution < -0.4 is 0 Å². The van der Waals surface area contributed by atoms with Crippen LogP contribution in [0.5, 0.6) is 0 Å². The second-order valence-electron chi connectivity index (χ2n) is 7.99. The fourth-order valence-electron chi connectivity index (χ4n) is 3.29. The summed E-state index contributed by atoms with van der Waals surface area (Å²) in [5.74, 6) is -0.396. The van der Waals surface area contributed by atoms with Crippen LogP contribution in [0.2, 0.25) is 0 Å². The summed E-state index contributed by atoms with van der Waals surface area (Å²) in [4.78, 5) is 26.2. The molecule has 0 aliphatic carbocycles. The third kappa shape index (κ3) is 3.48. The molecule has 0 radical (unpaired) electrons. The van der Waals surface area contributed by atoms with Crippen LogP contribution in [0, 0.1) is 6.92 Å². The van der Waals surface area contributed by atoms with E-state index >= 15 is 0 Å². The maximum Gasteiger partial charge on any atom is 0.290 e. The van der Waals surface area contributed by atoms with E-state index in [2.05, 4.69) is 31.0 Å². The molecule has 2 aromatic heterocycles. The lowest BCUT2D eigenvalue weighted by Gasteiger charge is -2.27. The number of rotatable bonds is 3. The number of aromatic nitrogens is 4. The van der Waals surface area contributed by atoms with Gasteiger partial charge in [0.15, 0.2) is 0 Å². The van der Waals surface area contributed by atoms with Crippen LogP contribution >= 0.6 is 0 Å². The third-order valence-electron chi connectivity index (χ3n) is 4.79. The van der Waals surface area contributed by atoms with Crippen molar-refractivity contribution in [1.29, 1.82) is 0 Å². The number of nitrogens with zero attached hydrogens (tertiary/aromatic N) is 6. The maximum atomic E-state index is 13.2. The second kappa shape index (κ2) is 6.83. The number of hydrogen-bond acceptors (Lipinski definition) is 4. The summed E-state index contributed by atoms with van der Waals surface area (Å²) in [6, 6.07) is 3.60. The summed E-state index contributed by atoms with van der Waals surface area (Å²) >= 11 is 0. The van der Waals surface area contributed by atoms with E-state index in [0.717, 1.165) is 17.8 Å². The number of carbonyl (C=O) groups excluding carboxylic acids is 2. The molecule has 3 rings (SSSR count). The topological polar surface area (TPSA) is 76.3 Å². The van der Waals surface area contributed by atoms with Gasteiger partial charge in [-0.2, -0.15) is 10.2 Å². The summed E-state index contributed by atoms with van der Waals surface area (Å²) in [6.07, 6.45) is 0.751. The Morgan fingerprint density at radius 3 is 2.15 bits per heavy atom. The van der Waals surface area contributed by atoms with Crippen LogP contribution in [0.25, 0.3) is 0 Å². The lowest BCUT2D eigenvalue weighted by atomic mass is 9.92. The standard InChI is InChI=1S/C19H28N6O2/c1-7-23-15(11-13(2)20-23)18(27)25-10-8-9-24(25)17(26)14-12-16(19(3,4)5)21-22(14)6/h11-12H,7-10H2,1-6H3. The Labute approximate surface area is 159 Å². The molecule has 0 aromatic carbocycles. The summed E-state index contributed by atoms with van der Waals surface area (Å²) in [5, 5.41) is 11.9. The van der Waals surface area contributed by atoms with Crippen molar-refractivity contribution in [2.24, 2.45) is 7.05 Å². The van der Waals surface area contributed by atoms with Gasteiger partial charge in [0, 0.05) is 32.1 Å². The highest BCUT2D eigenvalue weighted by molar-refractivity contribution is 5.98. The highest BCUT2D eigenvalue weighted by Gasteiger charge is 2.35. The van der Waals surface area contributed by atoms with Gasteiger partial charge >= 0.3 is 0 Å². The van der Waals surface area contributed by atoms with Gasteiger partial charge in [-0.25, -0.2) is 10.0 Å². The maximum absolute atomic E-state index is 13.2. The lowest BCUT2D eigenvalue weighted by Crippen LogP contribution is -2.46. The molecule has 2 aromatic rings. The molecule has 0 saturated carbocycles. The molecule has 3 heterocycles. The molecule has 27 heavy (non-hydrogen) atoms. The average molecular weight is 372 g/mol. The largest absolute Gasteiger partial charge is 0.290 e. The van der Waals surface area contributed by atoms with Gasteiger partial charge in [0.05, 0.1) is 11.4 Å². The van der Waals surface area contributed by atoms with Gasteiger partial charge in [0.1, 0.15) is 11.4 Å². The van der Waals surface area contributed by atoms with E-state index in [1.165, 1.54) is 10.0 Å². The molecule has 8 nitrogen and oxygen atoms in total. The fraction of sp³-hybridized carbons (Fsp3) is 0.579. The number of hydrogen-bond donors (Lipinski definition) is 0. The molecule has 8 heteroatoms. The van der Waals surface area contributed by atoms with Crippen molar-refractivity contribution in [3.63, 3.8) is 0 Å². The van der Waals surface area contributed by atoms with Crippen molar-refractivity contribution < 1.29 is 9.59 Å². The zero-order chi connectivity index (χ0) is 19.9. The van der Waals surface area contributed by atoms with E-state index in [1.54, 1.807) is 22.5 Å². The van der Waals surface area contributed by atoms with Crippen molar-refractivity contribution in [3.05, 3.63) is 34.9 Å². The molecule has 0 bridgehead atoms. The zero-order valence-corrected chi connectivity index (χ0v) is 17.0. The van der Waals surface area contributed by atoms with Crippen LogP contribution in [-0.4, -0.2) is 54.5 Å². The molecular weight excluding hydrogens is 344 g/mol. The quantitative estimate of drug-likeness (QED) is 0.827. The number of amides is 2. The van der Waals surface area contributed by atoms with Gasteiger partial charge in [-0.15, -0.1) is 0 Å². The first-order valence-electron chi connectivity index (χ1n) is 9.36. The molecular formula is C19H28N6O2. The Morgan fingerprint density at radius 2 is 1.63 bits per heavy atom. The Hall–Kier alpha value is -2.64. The Balaban J connectivity index is 1.89. The van der Waals surface area contributed by atoms with Gasteiger partial charge in [-0.1, -0.05) is 20.8 Å². The van der Waals surface area contributed by atoms with Crippen molar-refractivity contribution in [2.45, 2.75) is 53.0 Å². The van der Waals surface area contributed by atoms with Crippen LogP contribution in [0.15, 0.2) is 12.1 Å². The molecule has 1 aliphatic rings. The second-order valence-corrected chi connectivity index (χ2v) is 7.99. The van der Waals surface area contributed by atoms with Crippen LogP contribution in [-0.2, 0) is 19.0 Å². The number of carbonyl (C=O) groups is 2. The first kappa shape index (κ1) is 19.1. The molecule has 2 amide bonds. The van der Waals surface area contributed by atoms with E-state index in [0.29, 0.717) is 31.0 Å². The molecule has 1 saturated heterocycles. The highest BCUT2D eigenvalue weighted by atomic mass is 16.2.